The third-order valence-corrected chi connectivity index (χ3v) is 4.93. The number of aryl methyl sites for hydroxylation is 2. The molecule has 0 saturated carbocycles. The van der Waals surface area contributed by atoms with Crippen molar-refractivity contribution in [3.63, 3.8) is 0 Å². The summed E-state index contributed by atoms with van der Waals surface area (Å²) in [5.41, 5.74) is 5.15. The zero-order valence-electron chi connectivity index (χ0n) is 17.3. The number of rotatable bonds is 11. The van der Waals surface area contributed by atoms with Crippen molar-refractivity contribution in [3.8, 4) is 11.5 Å². The van der Waals surface area contributed by atoms with Crippen LogP contribution in [0.2, 0.25) is 5.02 Å². The molecule has 156 valence electrons. The summed E-state index contributed by atoms with van der Waals surface area (Å²) in [5.74, 6) is 1.11. The monoisotopic (exact) mass is 416 g/mol. The summed E-state index contributed by atoms with van der Waals surface area (Å²) >= 11 is 6.13. The Morgan fingerprint density at radius 1 is 1.03 bits per heavy atom. The zero-order valence-corrected chi connectivity index (χ0v) is 18.1. The predicted molar refractivity (Wildman–Crippen MR) is 118 cm³/mol. The first-order chi connectivity index (χ1) is 14.0. The maximum atomic E-state index is 11.9. The highest BCUT2D eigenvalue weighted by atomic mass is 35.5. The highest BCUT2D eigenvalue weighted by molar-refractivity contribution is 6.32. The minimum atomic E-state index is -0.335. The number of carbonyl (C=O) groups excluding carboxylic acids is 1. The van der Waals surface area contributed by atoms with Crippen molar-refractivity contribution in [2.45, 2.75) is 46.5 Å². The molecule has 6 heteroatoms. The molecule has 5 nitrogen and oxygen atoms in total. The van der Waals surface area contributed by atoms with E-state index in [1.54, 1.807) is 18.3 Å². The van der Waals surface area contributed by atoms with Gasteiger partial charge < -0.3 is 9.47 Å². The molecular formula is C23H29ClN2O3. The van der Waals surface area contributed by atoms with E-state index in [-0.39, 0.29) is 12.5 Å². The van der Waals surface area contributed by atoms with Crippen LogP contribution in [-0.2, 0) is 4.79 Å². The standard InChI is InChI=1S/C23H29ClN2O3/c1-4-5-6-7-12-28-20-10-8-19(9-11-20)15-25-26-22(27)16-29-21-13-17(2)23(24)18(3)14-21/h8-11,13-15H,4-7,12,16H2,1-3H3,(H,26,27)/b25-15+. The molecule has 2 rings (SSSR count). The van der Waals surface area contributed by atoms with Crippen molar-refractivity contribution < 1.29 is 14.3 Å². The van der Waals surface area contributed by atoms with Gasteiger partial charge in [-0.2, -0.15) is 5.10 Å². The van der Waals surface area contributed by atoms with Gasteiger partial charge in [-0.1, -0.05) is 37.8 Å². The fraction of sp³-hybridized carbons (Fsp3) is 0.391. The van der Waals surface area contributed by atoms with Crippen molar-refractivity contribution in [2.75, 3.05) is 13.2 Å². The van der Waals surface area contributed by atoms with E-state index >= 15 is 0 Å². The van der Waals surface area contributed by atoms with Crippen LogP contribution in [0.3, 0.4) is 0 Å². The second-order valence-corrected chi connectivity index (χ2v) is 7.31. The van der Waals surface area contributed by atoms with Gasteiger partial charge in [0.05, 0.1) is 12.8 Å². The van der Waals surface area contributed by atoms with Gasteiger partial charge in [-0.3, -0.25) is 4.79 Å². The lowest BCUT2D eigenvalue weighted by atomic mass is 10.1. The number of hydrogen-bond donors (Lipinski definition) is 1. The Morgan fingerprint density at radius 2 is 1.72 bits per heavy atom. The maximum absolute atomic E-state index is 11.9. The van der Waals surface area contributed by atoms with Crippen LogP contribution in [0.25, 0.3) is 0 Å². The van der Waals surface area contributed by atoms with Crippen LogP contribution >= 0.6 is 11.6 Å². The van der Waals surface area contributed by atoms with Gasteiger partial charge in [-0.15, -0.1) is 0 Å². The Morgan fingerprint density at radius 3 is 2.38 bits per heavy atom. The fourth-order valence-corrected chi connectivity index (χ4v) is 2.83. The van der Waals surface area contributed by atoms with Crippen LogP contribution < -0.4 is 14.9 Å². The maximum Gasteiger partial charge on any atom is 0.277 e. The third kappa shape index (κ3) is 8.16. The number of unbranched alkanes of at least 4 members (excludes halogenated alkanes) is 3. The quantitative estimate of drug-likeness (QED) is 0.301. The van der Waals surface area contributed by atoms with Crippen molar-refractivity contribution in [1.82, 2.24) is 5.43 Å². The molecule has 1 N–H and O–H groups in total. The first-order valence-corrected chi connectivity index (χ1v) is 10.3. The van der Waals surface area contributed by atoms with Crippen molar-refractivity contribution >= 4 is 23.7 Å². The van der Waals surface area contributed by atoms with E-state index in [9.17, 15) is 4.79 Å². The summed E-state index contributed by atoms with van der Waals surface area (Å²) < 4.78 is 11.2. The number of benzene rings is 2. The van der Waals surface area contributed by atoms with Gasteiger partial charge in [0.1, 0.15) is 11.5 Å². The highest BCUT2D eigenvalue weighted by Gasteiger charge is 2.06. The van der Waals surface area contributed by atoms with Crippen LogP contribution in [0, 0.1) is 13.8 Å². The predicted octanol–water partition coefficient (Wildman–Crippen LogP) is 5.45. The molecule has 0 saturated heterocycles. The molecule has 0 fully saturated rings. The van der Waals surface area contributed by atoms with Crippen molar-refractivity contribution in [2.24, 2.45) is 5.10 Å². The molecule has 2 aromatic rings. The molecule has 0 heterocycles. The number of nitrogens with zero attached hydrogens (tertiary/aromatic N) is 1. The van der Waals surface area contributed by atoms with Crippen LogP contribution in [0.5, 0.6) is 11.5 Å². The zero-order chi connectivity index (χ0) is 21.1. The highest BCUT2D eigenvalue weighted by Crippen LogP contribution is 2.25. The van der Waals surface area contributed by atoms with Crippen LogP contribution in [0.1, 0.15) is 49.3 Å². The van der Waals surface area contributed by atoms with Gasteiger partial charge in [0.15, 0.2) is 6.61 Å². The molecule has 1 amide bonds. The van der Waals surface area contributed by atoms with Gasteiger partial charge in [-0.05, 0) is 73.4 Å². The second-order valence-electron chi connectivity index (χ2n) is 6.93. The van der Waals surface area contributed by atoms with Crippen molar-refractivity contribution in [1.29, 1.82) is 0 Å². The van der Waals surface area contributed by atoms with Gasteiger partial charge in [0, 0.05) is 5.02 Å². The molecule has 0 aliphatic rings. The summed E-state index contributed by atoms with van der Waals surface area (Å²) in [6.07, 6.45) is 6.31. The lowest BCUT2D eigenvalue weighted by molar-refractivity contribution is -0.123. The summed E-state index contributed by atoms with van der Waals surface area (Å²) in [6, 6.07) is 11.2. The van der Waals surface area contributed by atoms with Gasteiger partial charge in [0.2, 0.25) is 0 Å². The van der Waals surface area contributed by atoms with E-state index in [1.807, 2.05) is 38.1 Å². The van der Waals surface area contributed by atoms with E-state index < -0.39 is 0 Å². The molecule has 0 atom stereocenters. The Bertz CT molecular complexity index is 796. The number of amides is 1. The lowest BCUT2D eigenvalue weighted by Gasteiger charge is -2.09. The van der Waals surface area contributed by atoms with E-state index in [0.717, 1.165) is 35.5 Å². The van der Waals surface area contributed by atoms with Gasteiger partial charge >= 0.3 is 0 Å². The Labute approximate surface area is 178 Å². The SMILES string of the molecule is CCCCCCOc1ccc(/C=N/NC(=O)COc2cc(C)c(Cl)c(C)c2)cc1. The first-order valence-electron chi connectivity index (χ1n) is 9.94. The van der Waals surface area contributed by atoms with Crippen molar-refractivity contribution in [3.05, 3.63) is 58.1 Å². The molecule has 0 unspecified atom stereocenters. The average molecular weight is 417 g/mol. The minimum absolute atomic E-state index is 0.122. The topological polar surface area (TPSA) is 59.9 Å². The molecule has 2 aromatic carbocycles. The largest absolute Gasteiger partial charge is 0.494 e. The summed E-state index contributed by atoms with van der Waals surface area (Å²) in [6.45, 7) is 6.60. The van der Waals surface area contributed by atoms with E-state index in [4.69, 9.17) is 21.1 Å². The number of hydrogen-bond acceptors (Lipinski definition) is 4. The van der Waals surface area contributed by atoms with Gasteiger partial charge in [0.25, 0.3) is 5.91 Å². The second kappa shape index (κ2) is 12.1. The van der Waals surface area contributed by atoms with Crippen LogP contribution in [0.15, 0.2) is 41.5 Å². The average Bonchev–Trinajstić information content (AvgIpc) is 2.71. The summed E-state index contributed by atoms with van der Waals surface area (Å²) in [7, 11) is 0. The number of carbonyl (C=O) groups is 1. The molecule has 0 aliphatic heterocycles. The van der Waals surface area contributed by atoms with E-state index in [2.05, 4.69) is 17.5 Å². The smallest absolute Gasteiger partial charge is 0.277 e. The number of nitrogens with one attached hydrogen (secondary N) is 1. The Kier molecular flexibility index (Phi) is 9.51. The minimum Gasteiger partial charge on any atom is -0.494 e. The summed E-state index contributed by atoms with van der Waals surface area (Å²) in [4.78, 5) is 11.9. The van der Waals surface area contributed by atoms with E-state index in [0.29, 0.717) is 10.8 Å². The lowest BCUT2D eigenvalue weighted by Crippen LogP contribution is -2.24. The van der Waals surface area contributed by atoms with Gasteiger partial charge in [-0.25, -0.2) is 5.43 Å². The molecule has 29 heavy (non-hydrogen) atoms. The normalized spacial score (nSPS) is 10.9. The number of ether oxygens (including phenoxy) is 2. The van der Waals surface area contributed by atoms with Crippen LogP contribution in [0.4, 0.5) is 0 Å². The molecular weight excluding hydrogens is 388 g/mol. The summed E-state index contributed by atoms with van der Waals surface area (Å²) in [5, 5.41) is 4.67. The molecule has 0 radical (unpaired) electrons. The molecule has 0 spiro atoms. The fourth-order valence-electron chi connectivity index (χ4n) is 2.72. The third-order valence-electron chi connectivity index (χ3n) is 4.33. The van der Waals surface area contributed by atoms with E-state index in [1.165, 1.54) is 19.3 Å². The first kappa shape index (κ1) is 22.8. The molecule has 0 aromatic heterocycles. The Balaban J connectivity index is 1.72. The molecule has 0 aliphatic carbocycles. The number of halogens is 1. The van der Waals surface area contributed by atoms with Crippen LogP contribution in [-0.4, -0.2) is 25.3 Å². The number of hydrazone groups is 1. The Hall–Kier alpha value is -2.53. The molecule has 0 bridgehead atoms.